The summed E-state index contributed by atoms with van der Waals surface area (Å²) in [7, 11) is 0. The number of thiazole rings is 1. The van der Waals surface area contributed by atoms with Gasteiger partial charge < -0.3 is 20.6 Å². The maximum Gasteiger partial charge on any atom is 0.272 e. The number of halogens is 1. The number of carbonyl (C=O) groups is 3. The first-order chi connectivity index (χ1) is 18.8. The van der Waals surface area contributed by atoms with Crippen LogP contribution in [0.3, 0.4) is 0 Å². The molecule has 3 heterocycles. The number of hydrogen-bond acceptors (Lipinski definition) is 8. The molecular weight excluding hydrogens is 552 g/mol. The van der Waals surface area contributed by atoms with E-state index in [1.165, 1.54) is 17.3 Å². The standard InChI is InChI=1S/C28H33ClN6O4S/c1-15(17-6-8-18(9-7-17)23-16(2)31-14-40-23)32-26(38)21-10-19(36)13-35(21)27(39)24(28(3,4)5)34-25(37)20-11-30-12-22(29)33-20/h6-9,11-12,14-15,19,21,24,36H,10,13H2,1-5H3,(H,32,38)(H,34,37)/t15?,19-,21+,24?/m1/s1. The van der Waals surface area contributed by atoms with E-state index in [2.05, 4.69) is 25.6 Å². The molecule has 10 nitrogen and oxygen atoms in total. The van der Waals surface area contributed by atoms with Crippen LogP contribution in [-0.4, -0.2) is 67.4 Å². The van der Waals surface area contributed by atoms with Crippen molar-refractivity contribution >= 4 is 40.7 Å². The topological polar surface area (TPSA) is 137 Å². The molecule has 1 saturated heterocycles. The lowest BCUT2D eigenvalue weighted by atomic mass is 9.85. The molecule has 4 rings (SSSR count). The molecule has 1 aliphatic rings. The van der Waals surface area contributed by atoms with Gasteiger partial charge in [-0.15, -0.1) is 11.3 Å². The van der Waals surface area contributed by atoms with Gasteiger partial charge in [-0.1, -0.05) is 56.6 Å². The van der Waals surface area contributed by atoms with Gasteiger partial charge in [0.25, 0.3) is 5.91 Å². The Balaban J connectivity index is 1.48. The molecule has 12 heteroatoms. The van der Waals surface area contributed by atoms with Crippen molar-refractivity contribution in [3.63, 3.8) is 0 Å². The number of rotatable bonds is 7. The summed E-state index contributed by atoms with van der Waals surface area (Å²) in [5, 5.41) is 16.2. The van der Waals surface area contributed by atoms with Gasteiger partial charge in [0.15, 0.2) is 0 Å². The smallest absolute Gasteiger partial charge is 0.272 e. The first-order valence-corrected chi connectivity index (χ1v) is 14.2. The van der Waals surface area contributed by atoms with E-state index in [0.717, 1.165) is 21.7 Å². The lowest BCUT2D eigenvalue weighted by Gasteiger charge is -2.35. The van der Waals surface area contributed by atoms with Crippen LogP contribution in [0.1, 0.15) is 61.9 Å². The van der Waals surface area contributed by atoms with E-state index in [9.17, 15) is 19.5 Å². The summed E-state index contributed by atoms with van der Waals surface area (Å²) in [5.74, 6) is -1.46. The normalized spacial score (nSPS) is 18.7. The summed E-state index contributed by atoms with van der Waals surface area (Å²) in [6.45, 7) is 9.23. The summed E-state index contributed by atoms with van der Waals surface area (Å²) in [4.78, 5) is 54.7. The molecular formula is C28H33ClN6O4S. The molecule has 212 valence electrons. The summed E-state index contributed by atoms with van der Waals surface area (Å²) in [5.41, 5.74) is 3.99. The van der Waals surface area contributed by atoms with E-state index in [0.29, 0.717) is 0 Å². The average molecular weight is 585 g/mol. The minimum atomic E-state index is -0.999. The fraction of sp³-hybridized carbons (Fsp3) is 0.429. The van der Waals surface area contributed by atoms with Crippen molar-refractivity contribution in [1.82, 2.24) is 30.5 Å². The van der Waals surface area contributed by atoms with Crippen LogP contribution in [0.25, 0.3) is 10.4 Å². The monoisotopic (exact) mass is 584 g/mol. The first kappa shape index (κ1) is 29.6. The Hall–Kier alpha value is -3.41. The van der Waals surface area contributed by atoms with Gasteiger partial charge in [-0.25, -0.2) is 9.97 Å². The maximum absolute atomic E-state index is 13.8. The van der Waals surface area contributed by atoms with E-state index in [-0.39, 0.29) is 35.8 Å². The molecule has 2 unspecified atom stereocenters. The number of amides is 3. The van der Waals surface area contributed by atoms with Gasteiger partial charge in [0.2, 0.25) is 11.8 Å². The predicted molar refractivity (Wildman–Crippen MR) is 153 cm³/mol. The molecule has 0 saturated carbocycles. The number of carbonyl (C=O) groups excluding carboxylic acids is 3. The molecule has 3 aromatic rings. The molecule has 2 aromatic heterocycles. The fourth-order valence-corrected chi connectivity index (χ4v) is 5.63. The van der Waals surface area contributed by atoms with Gasteiger partial charge >= 0.3 is 0 Å². The van der Waals surface area contributed by atoms with Crippen molar-refractivity contribution in [3.8, 4) is 10.4 Å². The van der Waals surface area contributed by atoms with E-state index in [1.807, 2.05) is 43.6 Å². The number of benzene rings is 1. The zero-order valence-electron chi connectivity index (χ0n) is 23.0. The lowest BCUT2D eigenvalue weighted by molar-refractivity contribution is -0.142. The van der Waals surface area contributed by atoms with E-state index < -0.39 is 35.4 Å². The molecule has 1 aromatic carbocycles. The van der Waals surface area contributed by atoms with Crippen molar-refractivity contribution in [3.05, 3.63) is 64.3 Å². The zero-order valence-corrected chi connectivity index (χ0v) is 24.6. The maximum atomic E-state index is 13.8. The largest absolute Gasteiger partial charge is 0.391 e. The third-order valence-corrected chi connectivity index (χ3v) is 8.03. The third-order valence-electron chi connectivity index (χ3n) is 6.87. The SMILES string of the molecule is Cc1ncsc1-c1ccc(C(C)NC(=O)[C@@H]2C[C@@H](O)CN2C(=O)C(NC(=O)c2cncc(Cl)n2)C(C)(C)C)cc1. The van der Waals surface area contributed by atoms with E-state index in [1.54, 1.807) is 32.1 Å². The second kappa shape index (κ2) is 12.0. The average Bonchev–Trinajstić information content (AvgIpc) is 3.51. The number of β-amino-alcohol motifs (C(OH)–C–C–N with tert-alkyl or cyclic N) is 1. The Labute approximate surface area is 242 Å². The van der Waals surface area contributed by atoms with Crippen molar-refractivity contribution in [2.45, 2.75) is 65.3 Å². The molecule has 0 bridgehead atoms. The van der Waals surface area contributed by atoms with Gasteiger partial charge in [0, 0.05) is 13.0 Å². The van der Waals surface area contributed by atoms with Crippen LogP contribution >= 0.6 is 22.9 Å². The van der Waals surface area contributed by atoms with Gasteiger partial charge in [-0.2, -0.15) is 0 Å². The molecule has 3 N–H and O–H groups in total. The van der Waals surface area contributed by atoms with Gasteiger partial charge in [0.1, 0.15) is 22.9 Å². The van der Waals surface area contributed by atoms with Crippen molar-refractivity contribution in [2.24, 2.45) is 5.41 Å². The Morgan fingerprint density at radius 1 is 1.15 bits per heavy atom. The predicted octanol–water partition coefficient (Wildman–Crippen LogP) is 3.55. The fourth-order valence-electron chi connectivity index (χ4n) is 4.67. The third kappa shape index (κ3) is 6.65. The number of likely N-dealkylation sites (tertiary alicyclic amines) is 1. The van der Waals surface area contributed by atoms with Crippen LogP contribution in [0, 0.1) is 12.3 Å². The highest BCUT2D eigenvalue weighted by Gasteiger charge is 2.44. The Morgan fingerprint density at radius 2 is 1.85 bits per heavy atom. The van der Waals surface area contributed by atoms with Gasteiger partial charge in [-0.3, -0.25) is 19.4 Å². The van der Waals surface area contributed by atoms with Gasteiger partial charge in [0.05, 0.1) is 40.6 Å². The van der Waals surface area contributed by atoms with Crippen LogP contribution in [0.5, 0.6) is 0 Å². The molecule has 0 aliphatic carbocycles. The van der Waals surface area contributed by atoms with Crippen LogP contribution in [0.15, 0.2) is 42.2 Å². The summed E-state index contributed by atoms with van der Waals surface area (Å²) in [6.07, 6.45) is 1.79. The molecule has 0 radical (unpaired) electrons. The summed E-state index contributed by atoms with van der Waals surface area (Å²) >= 11 is 7.44. The highest BCUT2D eigenvalue weighted by molar-refractivity contribution is 7.13. The highest BCUT2D eigenvalue weighted by Crippen LogP contribution is 2.29. The van der Waals surface area contributed by atoms with E-state index >= 15 is 0 Å². The number of aliphatic hydroxyl groups excluding tert-OH is 1. The molecule has 40 heavy (non-hydrogen) atoms. The second-order valence-electron chi connectivity index (χ2n) is 11.0. The number of hydrogen-bond donors (Lipinski definition) is 3. The molecule has 1 fully saturated rings. The zero-order chi connectivity index (χ0) is 29.2. The number of aliphatic hydroxyl groups is 1. The van der Waals surface area contributed by atoms with Crippen LogP contribution in [0.2, 0.25) is 5.15 Å². The number of nitrogens with zero attached hydrogens (tertiary/aromatic N) is 4. The van der Waals surface area contributed by atoms with E-state index in [4.69, 9.17) is 11.6 Å². The van der Waals surface area contributed by atoms with Crippen LogP contribution in [0.4, 0.5) is 0 Å². The number of aromatic nitrogens is 3. The molecule has 0 spiro atoms. The summed E-state index contributed by atoms with van der Waals surface area (Å²) < 4.78 is 0. The van der Waals surface area contributed by atoms with Crippen molar-refractivity contribution in [1.29, 1.82) is 0 Å². The Kier molecular flexibility index (Phi) is 8.86. The number of aryl methyl sites for hydroxylation is 1. The van der Waals surface area contributed by atoms with Gasteiger partial charge in [-0.05, 0) is 30.4 Å². The van der Waals surface area contributed by atoms with Crippen LogP contribution in [-0.2, 0) is 9.59 Å². The molecule has 3 amide bonds. The quantitative estimate of drug-likeness (QED) is 0.386. The molecule has 1 aliphatic heterocycles. The highest BCUT2D eigenvalue weighted by atomic mass is 35.5. The number of nitrogens with one attached hydrogen (secondary N) is 2. The Morgan fingerprint density at radius 3 is 2.45 bits per heavy atom. The minimum absolute atomic E-state index is 0.0202. The Bertz CT molecular complexity index is 1390. The minimum Gasteiger partial charge on any atom is -0.391 e. The van der Waals surface area contributed by atoms with Crippen molar-refractivity contribution in [2.75, 3.05) is 6.54 Å². The first-order valence-electron chi connectivity index (χ1n) is 12.9. The molecule has 4 atom stereocenters. The summed E-state index contributed by atoms with van der Waals surface area (Å²) in [6, 6.07) is 5.67. The lowest BCUT2D eigenvalue weighted by Crippen LogP contribution is -2.58. The van der Waals surface area contributed by atoms with Crippen molar-refractivity contribution < 1.29 is 19.5 Å². The van der Waals surface area contributed by atoms with Crippen LogP contribution < -0.4 is 10.6 Å². The second-order valence-corrected chi connectivity index (χ2v) is 12.3.